The van der Waals surface area contributed by atoms with Crippen molar-refractivity contribution >= 4 is 35.8 Å². The molecule has 1 aliphatic carbocycles. The van der Waals surface area contributed by atoms with Crippen LogP contribution < -0.4 is 19.5 Å². The van der Waals surface area contributed by atoms with E-state index in [1.807, 2.05) is 0 Å². The molecule has 1 fully saturated rings. The number of nitrogens with one attached hydrogen (secondary N) is 1. The summed E-state index contributed by atoms with van der Waals surface area (Å²) in [7, 11) is 0. The smallest absolute Gasteiger partial charge is 0.308 e. The van der Waals surface area contributed by atoms with Gasteiger partial charge in [0.05, 0.1) is 5.56 Å². The van der Waals surface area contributed by atoms with Gasteiger partial charge in [-0.25, -0.2) is 0 Å². The third-order valence-electron chi connectivity index (χ3n) is 6.19. The Hall–Kier alpha value is -4.40. The van der Waals surface area contributed by atoms with Crippen LogP contribution in [0, 0.1) is 0 Å². The molecule has 1 aromatic rings. The molecule has 2 heterocycles. The van der Waals surface area contributed by atoms with Crippen LogP contribution in [-0.4, -0.2) is 78.1 Å². The average molecular weight is 551 g/mol. The van der Waals surface area contributed by atoms with Crippen LogP contribution in [-0.2, 0) is 48.5 Å². The lowest BCUT2D eigenvalue weighted by molar-refractivity contribution is -0.261. The van der Waals surface area contributed by atoms with E-state index in [2.05, 4.69) is 5.32 Å². The fraction of sp³-hybridized carbons (Fsp3) is 0.500. The first-order chi connectivity index (χ1) is 18.2. The molecule has 0 unspecified atom stereocenters. The van der Waals surface area contributed by atoms with Crippen molar-refractivity contribution in [2.24, 2.45) is 0 Å². The van der Waals surface area contributed by atoms with Gasteiger partial charge >= 0.3 is 29.8 Å². The van der Waals surface area contributed by atoms with Crippen LogP contribution in [0.5, 0.6) is 17.2 Å². The van der Waals surface area contributed by atoms with E-state index in [0.29, 0.717) is 0 Å². The maximum Gasteiger partial charge on any atom is 0.308 e. The van der Waals surface area contributed by atoms with E-state index in [9.17, 15) is 33.9 Å². The van der Waals surface area contributed by atoms with Gasteiger partial charge in [0, 0.05) is 40.2 Å². The maximum atomic E-state index is 13.5. The van der Waals surface area contributed by atoms with Gasteiger partial charge in [0.2, 0.25) is 12.5 Å². The van der Waals surface area contributed by atoms with Crippen LogP contribution in [0.25, 0.3) is 0 Å². The molecule has 1 saturated carbocycles. The monoisotopic (exact) mass is 551 g/mol. The Morgan fingerprint density at radius 1 is 0.846 bits per heavy atom. The molecule has 2 aliphatic heterocycles. The van der Waals surface area contributed by atoms with E-state index >= 15 is 0 Å². The second-order valence-corrected chi connectivity index (χ2v) is 8.98. The van der Waals surface area contributed by atoms with Gasteiger partial charge in [-0.15, -0.1) is 0 Å². The van der Waals surface area contributed by atoms with Crippen molar-refractivity contribution in [3.63, 3.8) is 0 Å². The van der Waals surface area contributed by atoms with Crippen molar-refractivity contribution in [1.29, 1.82) is 0 Å². The largest absolute Gasteiger partial charge is 0.456 e. The minimum Gasteiger partial charge on any atom is -0.456 e. The van der Waals surface area contributed by atoms with Crippen LogP contribution in [0.2, 0.25) is 0 Å². The molecule has 0 radical (unpaired) electrons. The molecule has 6 atom stereocenters. The minimum atomic E-state index is -2.54. The van der Waals surface area contributed by atoms with Crippen LogP contribution in [0.15, 0.2) is 6.07 Å². The number of ether oxygens (including phenoxy) is 7. The lowest BCUT2D eigenvalue weighted by Gasteiger charge is -2.54. The molecule has 1 amide bonds. The number of hydrogen-bond donors (Lipinski definition) is 2. The molecule has 4 rings (SSSR count). The van der Waals surface area contributed by atoms with Crippen molar-refractivity contribution < 1.29 is 67.0 Å². The average Bonchev–Trinajstić information content (AvgIpc) is 3.28. The van der Waals surface area contributed by atoms with Gasteiger partial charge in [-0.05, 0) is 6.07 Å². The molecule has 1 aromatic carbocycles. The zero-order valence-corrected chi connectivity index (χ0v) is 21.4. The van der Waals surface area contributed by atoms with Crippen molar-refractivity contribution in [3.8, 4) is 17.2 Å². The van der Waals surface area contributed by atoms with E-state index in [1.165, 1.54) is 6.07 Å². The summed E-state index contributed by atoms with van der Waals surface area (Å²) in [4.78, 5) is 74.0. The standard InChI is InChI=1S/C24H25NO14/c1-8(26)35-17-15-13(6-14-16(17)34-7-33-14)24(32)21(25-23(15)31)19(37-10(3)28)18(36-9(2)27)20(38-11(4)29)22(24)39-12(5)30/h6,18-22,32H,7H2,1-5H3,(H,25,31)/t18-,19+,20+,21-,22-,24+/m0/s1. The third kappa shape index (κ3) is 4.80. The Kier molecular flexibility index (Phi) is 7.12. The summed E-state index contributed by atoms with van der Waals surface area (Å²) >= 11 is 0. The molecule has 0 aromatic heterocycles. The third-order valence-corrected chi connectivity index (χ3v) is 6.19. The van der Waals surface area contributed by atoms with Crippen LogP contribution >= 0.6 is 0 Å². The quantitative estimate of drug-likeness (QED) is 0.266. The first kappa shape index (κ1) is 27.6. The topological polar surface area (TPSA) is 199 Å². The van der Waals surface area contributed by atoms with Gasteiger partial charge < -0.3 is 43.6 Å². The number of amides is 1. The molecule has 210 valence electrons. The molecule has 15 nitrogen and oxygen atoms in total. The highest BCUT2D eigenvalue weighted by molar-refractivity contribution is 6.03. The maximum absolute atomic E-state index is 13.5. The van der Waals surface area contributed by atoms with Crippen LogP contribution in [0.4, 0.5) is 0 Å². The second-order valence-electron chi connectivity index (χ2n) is 8.98. The summed E-state index contributed by atoms with van der Waals surface area (Å²) in [6.45, 7) is 4.83. The molecule has 0 saturated heterocycles. The number of carbonyl (C=O) groups excluding carboxylic acids is 6. The molecule has 15 heteroatoms. The Balaban J connectivity index is 2.05. The Morgan fingerprint density at radius 2 is 1.41 bits per heavy atom. The summed E-state index contributed by atoms with van der Waals surface area (Å²) in [6, 6.07) is -0.443. The molecule has 3 aliphatic rings. The molecule has 0 bridgehead atoms. The number of hydrogen-bond acceptors (Lipinski definition) is 14. The van der Waals surface area contributed by atoms with E-state index in [-0.39, 0.29) is 29.4 Å². The predicted molar refractivity (Wildman–Crippen MR) is 121 cm³/mol. The molecular formula is C24H25NO14. The summed E-state index contributed by atoms with van der Waals surface area (Å²) in [6.07, 6.45) is -6.91. The summed E-state index contributed by atoms with van der Waals surface area (Å²) < 4.78 is 37.6. The minimum absolute atomic E-state index is 0.0383. The van der Waals surface area contributed by atoms with Crippen LogP contribution in [0.1, 0.15) is 50.5 Å². The lowest BCUT2D eigenvalue weighted by Crippen LogP contribution is -2.77. The second kappa shape index (κ2) is 10.1. The Morgan fingerprint density at radius 3 is 1.97 bits per heavy atom. The first-order valence-corrected chi connectivity index (χ1v) is 11.6. The zero-order valence-electron chi connectivity index (χ0n) is 21.4. The van der Waals surface area contributed by atoms with Crippen molar-refractivity contribution in [2.75, 3.05) is 6.79 Å². The normalized spacial score (nSPS) is 28.2. The van der Waals surface area contributed by atoms with Crippen molar-refractivity contribution in [2.45, 2.75) is 70.7 Å². The number of benzene rings is 1. The molecular weight excluding hydrogens is 526 g/mol. The fourth-order valence-electron chi connectivity index (χ4n) is 5.06. The molecule has 39 heavy (non-hydrogen) atoms. The highest BCUT2D eigenvalue weighted by Crippen LogP contribution is 2.53. The summed E-state index contributed by atoms with van der Waals surface area (Å²) in [5.74, 6) is -5.97. The molecule has 2 N–H and O–H groups in total. The number of esters is 5. The van der Waals surface area contributed by atoms with Gasteiger partial charge in [-0.3, -0.25) is 28.8 Å². The van der Waals surface area contributed by atoms with E-state index in [0.717, 1.165) is 34.6 Å². The molecule has 0 spiro atoms. The van der Waals surface area contributed by atoms with Gasteiger partial charge in [0.15, 0.2) is 41.5 Å². The Bertz CT molecular complexity index is 1270. The SMILES string of the molecule is CC(=O)Oc1c2c(cc3c1C(=O)N[C@H]1[C@H](OC(C)=O)[C@H](OC(C)=O)[C@@H](OC(C)=O)[C@H](OC(C)=O)[C@@]31O)OCO2. The van der Waals surface area contributed by atoms with Gasteiger partial charge in [-0.2, -0.15) is 0 Å². The van der Waals surface area contributed by atoms with Crippen molar-refractivity contribution in [3.05, 3.63) is 17.2 Å². The lowest BCUT2D eigenvalue weighted by atomic mass is 9.66. The fourth-order valence-corrected chi connectivity index (χ4v) is 5.06. The van der Waals surface area contributed by atoms with Gasteiger partial charge in [0.25, 0.3) is 5.91 Å². The van der Waals surface area contributed by atoms with Gasteiger partial charge in [0.1, 0.15) is 6.04 Å². The van der Waals surface area contributed by atoms with Gasteiger partial charge in [-0.1, -0.05) is 0 Å². The van der Waals surface area contributed by atoms with E-state index < -0.39 is 77.6 Å². The number of carbonyl (C=O) groups is 6. The zero-order chi connectivity index (χ0) is 28.8. The number of aliphatic hydroxyl groups is 1. The first-order valence-electron chi connectivity index (χ1n) is 11.6. The summed E-state index contributed by atoms with van der Waals surface area (Å²) in [5, 5.41) is 14.9. The summed E-state index contributed by atoms with van der Waals surface area (Å²) in [5.41, 5.74) is -3.22. The number of fused-ring (bicyclic) bond motifs is 4. The highest BCUT2D eigenvalue weighted by atomic mass is 16.7. The van der Waals surface area contributed by atoms with E-state index in [1.54, 1.807) is 0 Å². The van der Waals surface area contributed by atoms with E-state index in [4.69, 9.17) is 33.2 Å². The predicted octanol–water partition coefficient (Wildman–Crippen LogP) is -0.619. The number of rotatable bonds is 5. The van der Waals surface area contributed by atoms with Crippen molar-refractivity contribution in [1.82, 2.24) is 5.32 Å². The highest BCUT2D eigenvalue weighted by Gasteiger charge is 2.68. The Labute approximate surface area is 220 Å². The van der Waals surface area contributed by atoms with Crippen LogP contribution in [0.3, 0.4) is 0 Å².